The molecule has 1 N–H and O–H groups in total. The van der Waals surface area contributed by atoms with Gasteiger partial charge in [0.05, 0.1) is 23.1 Å². The molecule has 1 fully saturated rings. The van der Waals surface area contributed by atoms with Gasteiger partial charge in [0.1, 0.15) is 5.82 Å². The van der Waals surface area contributed by atoms with E-state index in [4.69, 9.17) is 0 Å². The highest BCUT2D eigenvalue weighted by Gasteiger charge is 2.33. The fraction of sp³-hybridized carbons (Fsp3) is 0.364. The molecule has 1 aromatic carbocycles. The molecular weight excluding hydrogens is 325 g/mol. The number of anilines is 1. The van der Waals surface area contributed by atoms with Crippen LogP contribution in [0.3, 0.4) is 0 Å². The van der Waals surface area contributed by atoms with E-state index in [9.17, 15) is 17.6 Å². The van der Waals surface area contributed by atoms with E-state index in [1.165, 1.54) is 12.1 Å². The molecule has 4 nitrogen and oxygen atoms in total. The second-order valence-electron chi connectivity index (χ2n) is 4.21. The Morgan fingerprint density at radius 3 is 2.72 bits per heavy atom. The minimum atomic E-state index is -3.11. The summed E-state index contributed by atoms with van der Waals surface area (Å²) in [6.07, 6.45) is 0.298. The molecule has 18 heavy (non-hydrogen) atoms. The van der Waals surface area contributed by atoms with Crippen molar-refractivity contribution >= 4 is 37.4 Å². The molecule has 1 saturated heterocycles. The molecule has 1 atom stereocenters. The van der Waals surface area contributed by atoms with Gasteiger partial charge in [-0.1, -0.05) is 15.9 Å². The lowest BCUT2D eigenvalue weighted by atomic mass is 10.1. The van der Waals surface area contributed by atoms with Crippen LogP contribution in [0.1, 0.15) is 6.42 Å². The lowest BCUT2D eigenvalue weighted by Gasteiger charge is -2.10. The van der Waals surface area contributed by atoms with Crippen LogP contribution < -0.4 is 5.32 Å². The molecule has 7 heteroatoms. The van der Waals surface area contributed by atoms with Crippen molar-refractivity contribution in [3.63, 3.8) is 0 Å². The Labute approximate surface area is 113 Å². The fourth-order valence-corrected chi connectivity index (χ4v) is 3.90. The summed E-state index contributed by atoms with van der Waals surface area (Å²) in [6.45, 7) is 0. The van der Waals surface area contributed by atoms with Crippen molar-refractivity contribution in [1.29, 1.82) is 0 Å². The number of sulfone groups is 1. The van der Waals surface area contributed by atoms with Gasteiger partial charge >= 0.3 is 0 Å². The van der Waals surface area contributed by atoms with Gasteiger partial charge in [-0.2, -0.15) is 0 Å². The van der Waals surface area contributed by atoms with Crippen LogP contribution in [-0.2, 0) is 14.6 Å². The van der Waals surface area contributed by atoms with Gasteiger partial charge in [-0.05, 0) is 24.6 Å². The van der Waals surface area contributed by atoms with E-state index in [2.05, 4.69) is 21.2 Å². The third-order valence-corrected chi connectivity index (χ3v) is 5.05. The van der Waals surface area contributed by atoms with Gasteiger partial charge < -0.3 is 5.32 Å². The topological polar surface area (TPSA) is 63.2 Å². The van der Waals surface area contributed by atoms with Crippen LogP contribution >= 0.6 is 15.9 Å². The standard InChI is InChI=1S/C11H11BrFNO3S/c12-8-1-2-10(9(13)5-8)14-11(15)7-3-4-18(16,17)6-7/h1-2,5,7H,3-4,6H2,(H,14,15)/t7-/m0/s1. The Bertz CT molecular complexity index is 588. The molecule has 98 valence electrons. The molecule has 0 aliphatic carbocycles. The zero-order valence-electron chi connectivity index (χ0n) is 9.32. The third kappa shape index (κ3) is 3.08. The third-order valence-electron chi connectivity index (χ3n) is 2.79. The Morgan fingerprint density at radius 1 is 1.44 bits per heavy atom. The second kappa shape index (κ2) is 4.97. The van der Waals surface area contributed by atoms with Gasteiger partial charge in [0, 0.05) is 4.47 Å². The van der Waals surface area contributed by atoms with Crippen LogP contribution in [0.5, 0.6) is 0 Å². The highest BCUT2D eigenvalue weighted by atomic mass is 79.9. The molecule has 2 rings (SSSR count). The highest BCUT2D eigenvalue weighted by molar-refractivity contribution is 9.10. The normalized spacial score (nSPS) is 21.8. The van der Waals surface area contributed by atoms with Crippen molar-refractivity contribution in [2.45, 2.75) is 6.42 Å². The van der Waals surface area contributed by atoms with E-state index >= 15 is 0 Å². The average Bonchev–Trinajstić information content (AvgIpc) is 2.63. The summed E-state index contributed by atoms with van der Waals surface area (Å²) in [5.74, 6) is -1.72. The van der Waals surface area contributed by atoms with E-state index < -0.39 is 27.5 Å². The largest absolute Gasteiger partial charge is 0.323 e. The molecule has 0 unspecified atom stereocenters. The van der Waals surface area contributed by atoms with Crippen molar-refractivity contribution in [2.75, 3.05) is 16.8 Å². The van der Waals surface area contributed by atoms with Crippen molar-refractivity contribution in [2.24, 2.45) is 5.92 Å². The number of hydrogen-bond acceptors (Lipinski definition) is 3. The quantitative estimate of drug-likeness (QED) is 0.898. The summed E-state index contributed by atoms with van der Waals surface area (Å²) in [7, 11) is -3.11. The van der Waals surface area contributed by atoms with Crippen LogP contribution in [-0.4, -0.2) is 25.8 Å². The Kier molecular flexibility index (Phi) is 3.72. The Balaban J connectivity index is 2.08. The average molecular weight is 336 g/mol. The number of carbonyl (C=O) groups is 1. The lowest BCUT2D eigenvalue weighted by molar-refractivity contribution is -0.119. The molecular formula is C11H11BrFNO3S. The van der Waals surface area contributed by atoms with E-state index in [1.54, 1.807) is 6.07 Å². The number of benzene rings is 1. The van der Waals surface area contributed by atoms with Gasteiger partial charge in [0.2, 0.25) is 5.91 Å². The second-order valence-corrected chi connectivity index (χ2v) is 7.36. The molecule has 1 aliphatic heterocycles. The van der Waals surface area contributed by atoms with Gasteiger partial charge in [-0.15, -0.1) is 0 Å². The molecule has 0 spiro atoms. The van der Waals surface area contributed by atoms with Crippen molar-refractivity contribution in [3.8, 4) is 0 Å². The monoisotopic (exact) mass is 335 g/mol. The molecule has 0 radical (unpaired) electrons. The Morgan fingerprint density at radius 2 is 2.17 bits per heavy atom. The molecule has 1 heterocycles. The molecule has 1 aromatic rings. The first-order valence-electron chi connectivity index (χ1n) is 5.34. The maximum Gasteiger partial charge on any atom is 0.228 e. The summed E-state index contributed by atoms with van der Waals surface area (Å²) in [4.78, 5) is 11.8. The summed E-state index contributed by atoms with van der Waals surface area (Å²) in [5, 5.41) is 2.42. The zero-order chi connectivity index (χ0) is 13.3. The van der Waals surface area contributed by atoms with Crippen LogP contribution in [0.4, 0.5) is 10.1 Å². The molecule has 1 amide bonds. The van der Waals surface area contributed by atoms with E-state index in [-0.39, 0.29) is 17.2 Å². The Hall–Kier alpha value is -0.950. The molecule has 1 aliphatic rings. The van der Waals surface area contributed by atoms with Crippen molar-refractivity contribution in [3.05, 3.63) is 28.5 Å². The summed E-state index contributed by atoms with van der Waals surface area (Å²) in [6, 6.07) is 4.27. The number of rotatable bonds is 2. The molecule has 0 saturated carbocycles. The molecule has 0 aromatic heterocycles. The van der Waals surface area contributed by atoms with Crippen LogP contribution in [0, 0.1) is 11.7 Å². The number of nitrogens with one attached hydrogen (secondary N) is 1. The van der Waals surface area contributed by atoms with Crippen molar-refractivity contribution in [1.82, 2.24) is 0 Å². The van der Waals surface area contributed by atoms with E-state index in [0.717, 1.165) is 0 Å². The fourth-order valence-electron chi connectivity index (χ4n) is 1.83. The summed E-state index contributed by atoms with van der Waals surface area (Å²) < 4.78 is 36.6. The molecule has 0 bridgehead atoms. The smallest absolute Gasteiger partial charge is 0.228 e. The van der Waals surface area contributed by atoms with Crippen LogP contribution in [0.15, 0.2) is 22.7 Å². The van der Waals surface area contributed by atoms with Gasteiger partial charge in [0.25, 0.3) is 0 Å². The first-order valence-corrected chi connectivity index (χ1v) is 7.95. The highest BCUT2D eigenvalue weighted by Crippen LogP contribution is 2.23. The summed E-state index contributed by atoms with van der Waals surface area (Å²) >= 11 is 3.11. The number of amides is 1. The van der Waals surface area contributed by atoms with Crippen molar-refractivity contribution < 1.29 is 17.6 Å². The van der Waals surface area contributed by atoms with Crippen LogP contribution in [0.2, 0.25) is 0 Å². The van der Waals surface area contributed by atoms with Gasteiger partial charge in [-0.25, -0.2) is 12.8 Å². The van der Waals surface area contributed by atoms with E-state index in [0.29, 0.717) is 10.9 Å². The van der Waals surface area contributed by atoms with E-state index in [1.807, 2.05) is 0 Å². The summed E-state index contributed by atoms with van der Waals surface area (Å²) in [5.41, 5.74) is 0.0625. The number of halogens is 2. The number of carbonyl (C=O) groups excluding carboxylic acids is 1. The lowest BCUT2D eigenvalue weighted by Crippen LogP contribution is -2.24. The predicted octanol–water partition coefficient (Wildman–Crippen LogP) is 1.96. The van der Waals surface area contributed by atoms with Gasteiger partial charge in [-0.3, -0.25) is 4.79 Å². The number of hydrogen-bond donors (Lipinski definition) is 1. The first kappa shape index (κ1) is 13.5. The SMILES string of the molecule is O=C(Nc1ccc(Br)cc1F)[C@H]1CCS(=O)(=O)C1. The predicted molar refractivity (Wildman–Crippen MR) is 69.5 cm³/mol. The maximum atomic E-state index is 13.5. The van der Waals surface area contributed by atoms with Gasteiger partial charge in [0.15, 0.2) is 9.84 Å². The first-order chi connectivity index (χ1) is 8.37. The zero-order valence-corrected chi connectivity index (χ0v) is 11.7. The van der Waals surface area contributed by atoms with Crippen LogP contribution in [0.25, 0.3) is 0 Å². The minimum Gasteiger partial charge on any atom is -0.323 e. The maximum absolute atomic E-state index is 13.5. The minimum absolute atomic E-state index is 0.0217.